The van der Waals surface area contributed by atoms with Gasteiger partial charge in [0, 0.05) is 5.33 Å². The molecule has 0 aromatic heterocycles. The van der Waals surface area contributed by atoms with Crippen molar-refractivity contribution in [3.8, 4) is 11.8 Å². The molecule has 0 saturated carbocycles. The summed E-state index contributed by atoms with van der Waals surface area (Å²) in [5.74, 6) is 0.627. The van der Waals surface area contributed by atoms with Crippen molar-refractivity contribution >= 4 is 22.0 Å². The number of allylic oxidation sites excluding steroid dienone is 1. The van der Waals surface area contributed by atoms with E-state index in [0.29, 0.717) is 17.9 Å². The summed E-state index contributed by atoms with van der Waals surface area (Å²) in [6, 6.07) is 17.7. The Hall–Kier alpha value is -2.05. The molecule has 0 spiro atoms. The van der Waals surface area contributed by atoms with Gasteiger partial charge < -0.3 is 4.74 Å². The number of hydrogen-bond acceptors (Lipinski definition) is 2. The second kappa shape index (κ2) is 8.28. The number of halogens is 1. The first kappa shape index (κ1) is 15.3. The lowest BCUT2D eigenvalue weighted by molar-refractivity contribution is 0.305. The number of rotatable bonds is 6. The van der Waals surface area contributed by atoms with Gasteiger partial charge in [-0.2, -0.15) is 5.26 Å². The van der Waals surface area contributed by atoms with Gasteiger partial charge in [-0.05, 0) is 29.7 Å². The lowest BCUT2D eigenvalue weighted by Crippen LogP contribution is -1.97. The predicted octanol–water partition coefficient (Wildman–Crippen LogP) is 4.94. The molecule has 2 aromatic rings. The van der Waals surface area contributed by atoms with Gasteiger partial charge in [-0.15, -0.1) is 0 Å². The van der Waals surface area contributed by atoms with E-state index in [1.807, 2.05) is 48.5 Å². The molecule has 0 radical (unpaired) electrons. The fraction of sp³-hybridized carbons (Fsp3) is 0.167. The van der Waals surface area contributed by atoms with Gasteiger partial charge >= 0.3 is 0 Å². The number of alkyl halides is 1. The number of benzene rings is 2. The summed E-state index contributed by atoms with van der Waals surface area (Å²) >= 11 is 3.39. The number of nitriles is 1. The Morgan fingerprint density at radius 3 is 2.67 bits per heavy atom. The molecule has 0 aliphatic heterocycles. The van der Waals surface area contributed by atoms with E-state index >= 15 is 0 Å². The minimum absolute atomic E-state index is 0.462. The fourth-order valence-corrected chi connectivity index (χ4v) is 2.14. The van der Waals surface area contributed by atoms with Gasteiger partial charge in [0.25, 0.3) is 0 Å². The molecule has 0 saturated heterocycles. The van der Waals surface area contributed by atoms with Crippen LogP contribution >= 0.6 is 15.9 Å². The maximum Gasteiger partial charge on any atom is 0.138 e. The Morgan fingerprint density at radius 2 is 1.95 bits per heavy atom. The Morgan fingerprint density at radius 1 is 1.14 bits per heavy atom. The Labute approximate surface area is 133 Å². The minimum atomic E-state index is 0.462. The molecule has 2 nitrogen and oxygen atoms in total. The van der Waals surface area contributed by atoms with Crippen LogP contribution in [0, 0.1) is 11.3 Å². The molecule has 0 N–H and O–H groups in total. The van der Waals surface area contributed by atoms with Gasteiger partial charge in [0.1, 0.15) is 18.4 Å². The molecule has 0 atom stereocenters. The highest BCUT2D eigenvalue weighted by atomic mass is 79.9. The van der Waals surface area contributed by atoms with Gasteiger partial charge in [0.05, 0.1) is 5.56 Å². The van der Waals surface area contributed by atoms with E-state index in [1.165, 1.54) is 0 Å². The van der Waals surface area contributed by atoms with E-state index in [-0.39, 0.29) is 0 Å². The average molecular weight is 342 g/mol. The highest BCUT2D eigenvalue weighted by molar-refractivity contribution is 9.09. The molecule has 0 unspecified atom stereocenters. The topological polar surface area (TPSA) is 33.0 Å². The zero-order chi connectivity index (χ0) is 14.9. The summed E-state index contributed by atoms with van der Waals surface area (Å²) < 4.78 is 5.80. The number of hydrogen-bond donors (Lipinski definition) is 0. The van der Waals surface area contributed by atoms with Crippen molar-refractivity contribution in [2.45, 2.75) is 13.0 Å². The minimum Gasteiger partial charge on any atom is -0.488 e. The van der Waals surface area contributed by atoms with Crippen molar-refractivity contribution in [3.05, 3.63) is 71.3 Å². The van der Waals surface area contributed by atoms with Crippen molar-refractivity contribution in [1.29, 1.82) is 5.26 Å². The van der Waals surface area contributed by atoms with Crippen LogP contribution in [-0.2, 0) is 6.61 Å². The summed E-state index contributed by atoms with van der Waals surface area (Å²) in [5, 5.41) is 10.1. The van der Waals surface area contributed by atoms with E-state index < -0.39 is 0 Å². The maximum absolute atomic E-state index is 9.17. The van der Waals surface area contributed by atoms with E-state index in [0.717, 1.165) is 22.9 Å². The molecule has 21 heavy (non-hydrogen) atoms. The second-order valence-electron chi connectivity index (χ2n) is 4.52. The molecule has 0 heterocycles. The third-order valence-electron chi connectivity index (χ3n) is 2.95. The summed E-state index contributed by atoms with van der Waals surface area (Å²) in [6.07, 6.45) is 5.11. The Kier molecular flexibility index (Phi) is 6.05. The Bertz CT molecular complexity index is 644. The average Bonchev–Trinajstić information content (AvgIpc) is 2.54. The van der Waals surface area contributed by atoms with Crippen LogP contribution < -0.4 is 4.74 Å². The molecule has 2 aromatic carbocycles. The van der Waals surface area contributed by atoms with Crippen LogP contribution in [0.1, 0.15) is 23.1 Å². The quantitative estimate of drug-likeness (QED) is 0.697. The third-order valence-corrected chi connectivity index (χ3v) is 3.41. The fourth-order valence-electron chi connectivity index (χ4n) is 1.87. The zero-order valence-corrected chi connectivity index (χ0v) is 13.2. The maximum atomic E-state index is 9.17. The van der Waals surface area contributed by atoms with Crippen LogP contribution in [0.5, 0.6) is 5.75 Å². The molecule has 0 aliphatic rings. The normalized spacial score (nSPS) is 10.5. The van der Waals surface area contributed by atoms with Crippen molar-refractivity contribution in [2.75, 3.05) is 5.33 Å². The predicted molar refractivity (Wildman–Crippen MR) is 89.4 cm³/mol. The zero-order valence-electron chi connectivity index (χ0n) is 11.6. The molecule has 0 aliphatic carbocycles. The van der Waals surface area contributed by atoms with E-state index in [9.17, 15) is 0 Å². The SMILES string of the molecule is N#Cc1ccc(C=CCCBr)cc1OCc1ccccc1. The van der Waals surface area contributed by atoms with Crippen LogP contribution in [0.25, 0.3) is 6.08 Å². The lowest BCUT2D eigenvalue weighted by Gasteiger charge is -2.09. The van der Waals surface area contributed by atoms with Crippen molar-refractivity contribution < 1.29 is 4.74 Å². The first-order valence-corrected chi connectivity index (χ1v) is 7.89. The van der Waals surface area contributed by atoms with Gasteiger partial charge in [-0.3, -0.25) is 0 Å². The molecule has 0 bridgehead atoms. The Balaban J connectivity index is 2.12. The third kappa shape index (κ3) is 4.77. The standard InChI is InChI=1S/C18H16BrNO/c19-11-5-4-6-15-9-10-17(13-20)18(12-15)21-14-16-7-2-1-3-8-16/h1-4,6-10,12H,5,11,14H2. The summed E-state index contributed by atoms with van der Waals surface area (Å²) in [5.41, 5.74) is 2.68. The first-order chi connectivity index (χ1) is 10.3. The second-order valence-corrected chi connectivity index (χ2v) is 5.31. The van der Waals surface area contributed by atoms with Crippen LogP contribution in [-0.4, -0.2) is 5.33 Å². The van der Waals surface area contributed by atoms with E-state index in [1.54, 1.807) is 6.07 Å². The van der Waals surface area contributed by atoms with Crippen LogP contribution in [0.2, 0.25) is 0 Å². The molecule has 2 rings (SSSR count). The molecule has 0 fully saturated rings. The smallest absolute Gasteiger partial charge is 0.138 e. The molecule has 0 amide bonds. The largest absolute Gasteiger partial charge is 0.488 e. The van der Waals surface area contributed by atoms with E-state index in [2.05, 4.69) is 28.1 Å². The summed E-state index contributed by atoms with van der Waals surface area (Å²) in [7, 11) is 0. The molecule has 106 valence electrons. The lowest BCUT2D eigenvalue weighted by atomic mass is 10.1. The van der Waals surface area contributed by atoms with Gasteiger partial charge in [-0.1, -0.05) is 64.5 Å². The van der Waals surface area contributed by atoms with Crippen molar-refractivity contribution in [2.24, 2.45) is 0 Å². The highest BCUT2D eigenvalue weighted by Gasteiger charge is 2.04. The highest BCUT2D eigenvalue weighted by Crippen LogP contribution is 2.22. The van der Waals surface area contributed by atoms with Crippen LogP contribution in [0.3, 0.4) is 0 Å². The van der Waals surface area contributed by atoms with Crippen molar-refractivity contribution in [1.82, 2.24) is 0 Å². The van der Waals surface area contributed by atoms with Gasteiger partial charge in [-0.25, -0.2) is 0 Å². The molecular weight excluding hydrogens is 326 g/mol. The first-order valence-electron chi connectivity index (χ1n) is 6.77. The van der Waals surface area contributed by atoms with Gasteiger partial charge in [0.15, 0.2) is 0 Å². The van der Waals surface area contributed by atoms with Crippen molar-refractivity contribution in [3.63, 3.8) is 0 Å². The number of nitrogens with zero attached hydrogens (tertiary/aromatic N) is 1. The van der Waals surface area contributed by atoms with Crippen LogP contribution in [0.15, 0.2) is 54.6 Å². The van der Waals surface area contributed by atoms with Gasteiger partial charge in [0.2, 0.25) is 0 Å². The van der Waals surface area contributed by atoms with E-state index in [4.69, 9.17) is 10.00 Å². The molecule has 3 heteroatoms. The summed E-state index contributed by atoms with van der Waals surface area (Å²) in [6.45, 7) is 0.462. The summed E-state index contributed by atoms with van der Waals surface area (Å²) in [4.78, 5) is 0. The number of ether oxygens (including phenoxy) is 1. The van der Waals surface area contributed by atoms with Crippen LogP contribution in [0.4, 0.5) is 0 Å². The molecular formula is C18H16BrNO. The monoisotopic (exact) mass is 341 g/mol.